The van der Waals surface area contributed by atoms with Gasteiger partial charge >= 0.3 is 18.2 Å². The summed E-state index contributed by atoms with van der Waals surface area (Å²) in [4.78, 5) is 31.6. The van der Waals surface area contributed by atoms with Crippen LogP contribution in [-0.2, 0) is 20.4 Å². The number of carbonyl (C=O) groups excluding carboxylic acids is 2. The molecule has 3 rings (SSSR count). The molecule has 0 aliphatic heterocycles. The fourth-order valence-corrected chi connectivity index (χ4v) is 3.93. The van der Waals surface area contributed by atoms with Gasteiger partial charge in [-0.25, -0.2) is 9.59 Å². The van der Waals surface area contributed by atoms with Crippen molar-refractivity contribution >= 4 is 17.8 Å². The summed E-state index contributed by atoms with van der Waals surface area (Å²) in [5.41, 5.74) is -0.635. The first-order valence-corrected chi connectivity index (χ1v) is 13.1. The van der Waals surface area contributed by atoms with E-state index in [0.29, 0.717) is 16.8 Å². The Balaban J connectivity index is 2.24. The molecule has 1 N–H and O–H groups in total. The lowest BCUT2D eigenvalue weighted by molar-refractivity contribution is -0.157. The van der Waals surface area contributed by atoms with Crippen molar-refractivity contribution in [2.75, 3.05) is 0 Å². The van der Waals surface area contributed by atoms with Crippen LogP contribution in [0.5, 0.6) is 0 Å². The zero-order valence-electron chi connectivity index (χ0n) is 24.0. The van der Waals surface area contributed by atoms with Gasteiger partial charge in [-0.15, -0.1) is 0 Å². The molecular formula is C32H35F3N2O4. The Kier molecular flexibility index (Phi) is 9.63. The number of amides is 1. The molecule has 0 spiro atoms. The molecule has 218 valence electrons. The van der Waals surface area contributed by atoms with Crippen molar-refractivity contribution in [2.45, 2.75) is 71.0 Å². The molecule has 0 saturated carbocycles. The Bertz CT molecular complexity index is 1300. The van der Waals surface area contributed by atoms with Gasteiger partial charge in [-0.1, -0.05) is 72.8 Å². The highest BCUT2D eigenvalue weighted by Gasteiger charge is 2.37. The number of hydrogen-bond acceptors (Lipinski definition) is 5. The highest BCUT2D eigenvalue weighted by molar-refractivity contribution is 6.13. The molecule has 2 atom stereocenters. The van der Waals surface area contributed by atoms with Gasteiger partial charge in [0.2, 0.25) is 0 Å². The minimum atomic E-state index is -4.57. The summed E-state index contributed by atoms with van der Waals surface area (Å²) in [5, 5.41) is 2.67. The van der Waals surface area contributed by atoms with Crippen molar-refractivity contribution in [3.05, 3.63) is 107 Å². The van der Waals surface area contributed by atoms with Crippen LogP contribution < -0.4 is 5.32 Å². The first-order valence-electron chi connectivity index (χ1n) is 13.1. The summed E-state index contributed by atoms with van der Waals surface area (Å²) in [7, 11) is 0. The number of halogens is 3. The van der Waals surface area contributed by atoms with E-state index in [1.165, 1.54) is 12.1 Å². The first-order chi connectivity index (χ1) is 19.0. The van der Waals surface area contributed by atoms with Crippen molar-refractivity contribution in [3.8, 4) is 0 Å². The minimum Gasteiger partial charge on any atom is -0.458 e. The number of alkyl halides is 3. The highest BCUT2D eigenvalue weighted by atomic mass is 19.4. The van der Waals surface area contributed by atoms with Crippen molar-refractivity contribution in [1.29, 1.82) is 0 Å². The summed E-state index contributed by atoms with van der Waals surface area (Å²) in [6, 6.07) is 19.9. The number of aliphatic imine (C=N–C) groups is 1. The van der Waals surface area contributed by atoms with E-state index < -0.39 is 47.1 Å². The van der Waals surface area contributed by atoms with Crippen LogP contribution in [0.25, 0.3) is 0 Å². The monoisotopic (exact) mass is 568 g/mol. The van der Waals surface area contributed by atoms with Gasteiger partial charge in [-0.2, -0.15) is 13.2 Å². The lowest BCUT2D eigenvalue weighted by Crippen LogP contribution is -2.44. The van der Waals surface area contributed by atoms with Gasteiger partial charge in [0.1, 0.15) is 11.2 Å². The topological polar surface area (TPSA) is 77.0 Å². The first kappa shape index (κ1) is 31.4. The zero-order valence-corrected chi connectivity index (χ0v) is 24.0. The third-order valence-electron chi connectivity index (χ3n) is 5.60. The average molecular weight is 569 g/mol. The maximum Gasteiger partial charge on any atom is 0.416 e. The van der Waals surface area contributed by atoms with Gasteiger partial charge in [0, 0.05) is 11.1 Å². The van der Waals surface area contributed by atoms with Crippen molar-refractivity contribution < 1.29 is 32.2 Å². The summed E-state index contributed by atoms with van der Waals surface area (Å²) in [5.74, 6) is -0.775. The average Bonchev–Trinajstić information content (AvgIpc) is 2.87. The Morgan fingerprint density at radius 1 is 0.707 bits per heavy atom. The third kappa shape index (κ3) is 9.48. The van der Waals surface area contributed by atoms with Crippen molar-refractivity contribution in [1.82, 2.24) is 5.32 Å². The van der Waals surface area contributed by atoms with E-state index in [4.69, 9.17) is 14.5 Å². The smallest absolute Gasteiger partial charge is 0.416 e. The van der Waals surface area contributed by atoms with Crippen LogP contribution in [0.2, 0.25) is 0 Å². The Labute approximate surface area is 238 Å². The number of nitrogens with zero attached hydrogens (tertiary/aromatic N) is 1. The third-order valence-corrected chi connectivity index (χ3v) is 5.60. The van der Waals surface area contributed by atoms with E-state index in [1.807, 2.05) is 60.7 Å². The number of carbonyl (C=O) groups is 2. The molecule has 0 fully saturated rings. The molecule has 0 aliphatic carbocycles. The molecule has 3 aromatic carbocycles. The molecule has 0 aromatic heterocycles. The second-order valence-corrected chi connectivity index (χ2v) is 11.4. The fraction of sp³-hybridized carbons (Fsp3) is 0.344. The molecule has 0 aliphatic rings. The van der Waals surface area contributed by atoms with Gasteiger partial charge in [0.25, 0.3) is 0 Å². The Morgan fingerprint density at radius 3 is 1.59 bits per heavy atom. The molecule has 1 amide bonds. The van der Waals surface area contributed by atoms with Crippen molar-refractivity contribution in [3.63, 3.8) is 0 Å². The fourth-order valence-electron chi connectivity index (χ4n) is 3.93. The van der Waals surface area contributed by atoms with Gasteiger partial charge in [0.05, 0.1) is 17.3 Å². The number of benzene rings is 3. The van der Waals surface area contributed by atoms with E-state index in [1.54, 1.807) is 41.5 Å². The highest BCUT2D eigenvalue weighted by Crippen LogP contribution is 2.32. The zero-order chi connectivity index (χ0) is 30.4. The van der Waals surface area contributed by atoms with Gasteiger partial charge in [-0.3, -0.25) is 4.99 Å². The van der Waals surface area contributed by atoms with E-state index in [-0.39, 0.29) is 5.56 Å². The van der Waals surface area contributed by atoms with Crippen LogP contribution >= 0.6 is 0 Å². The van der Waals surface area contributed by atoms with Gasteiger partial charge < -0.3 is 14.8 Å². The van der Waals surface area contributed by atoms with Crippen LogP contribution in [0.4, 0.5) is 18.0 Å². The quantitative estimate of drug-likeness (QED) is 0.236. The Hall–Kier alpha value is -4.14. The summed E-state index contributed by atoms with van der Waals surface area (Å²) in [6.07, 6.45) is -5.43. The van der Waals surface area contributed by atoms with Gasteiger partial charge in [0.15, 0.2) is 6.04 Å². The molecule has 0 radical (unpaired) electrons. The molecule has 6 nitrogen and oxygen atoms in total. The molecule has 0 bridgehead atoms. The standard InChI is InChI=1S/C32H35F3N2O4/c1-30(2,3)40-28(38)27(36-25(21-13-9-7-10-14-21)22-15-11-8-12-16-22)26(37-29(39)41-31(4,5)6)23-17-19-24(20-18-23)32(33,34)35/h7-20,26-27H,1-6H3,(H,37,39)/t26-,27+/m1/s1. The predicted molar refractivity (Wildman–Crippen MR) is 152 cm³/mol. The predicted octanol–water partition coefficient (Wildman–Crippen LogP) is 7.52. The number of rotatable bonds is 7. The number of hydrogen-bond donors (Lipinski definition) is 1. The summed E-state index contributed by atoms with van der Waals surface area (Å²) >= 11 is 0. The maximum atomic E-state index is 13.8. The Morgan fingerprint density at radius 2 is 1.17 bits per heavy atom. The van der Waals surface area contributed by atoms with Crippen LogP contribution in [0, 0.1) is 0 Å². The SMILES string of the molecule is CC(C)(C)OC(=O)N[C@H](c1ccc(C(F)(F)F)cc1)[C@H](N=C(c1ccccc1)c1ccccc1)C(=O)OC(C)(C)C. The summed E-state index contributed by atoms with van der Waals surface area (Å²) < 4.78 is 51.2. The molecule has 3 aromatic rings. The second-order valence-electron chi connectivity index (χ2n) is 11.4. The largest absolute Gasteiger partial charge is 0.458 e. The number of alkyl carbamates (subject to hydrolysis) is 1. The molecule has 0 saturated heterocycles. The van der Waals surface area contributed by atoms with E-state index >= 15 is 0 Å². The number of ether oxygens (including phenoxy) is 2. The normalized spacial score (nSPS) is 13.5. The molecule has 0 unspecified atom stereocenters. The van der Waals surface area contributed by atoms with E-state index in [9.17, 15) is 22.8 Å². The van der Waals surface area contributed by atoms with E-state index in [0.717, 1.165) is 12.1 Å². The number of esters is 1. The maximum absolute atomic E-state index is 13.8. The minimum absolute atomic E-state index is 0.212. The molecule has 0 heterocycles. The summed E-state index contributed by atoms with van der Waals surface area (Å²) in [6.45, 7) is 10.1. The van der Waals surface area contributed by atoms with Crippen LogP contribution in [0.1, 0.15) is 69.8 Å². The van der Waals surface area contributed by atoms with Crippen LogP contribution in [0.15, 0.2) is 89.9 Å². The second kappa shape index (κ2) is 12.6. The van der Waals surface area contributed by atoms with Crippen molar-refractivity contribution in [2.24, 2.45) is 4.99 Å². The molecular weight excluding hydrogens is 533 g/mol. The lowest BCUT2D eigenvalue weighted by Gasteiger charge is -2.30. The van der Waals surface area contributed by atoms with Gasteiger partial charge in [-0.05, 0) is 59.2 Å². The van der Waals surface area contributed by atoms with Crippen LogP contribution in [-0.4, -0.2) is 35.0 Å². The number of nitrogens with one attached hydrogen (secondary N) is 1. The molecule has 9 heteroatoms. The van der Waals surface area contributed by atoms with Crippen LogP contribution in [0.3, 0.4) is 0 Å². The molecule has 41 heavy (non-hydrogen) atoms. The lowest BCUT2D eigenvalue weighted by atomic mass is 9.96. The van der Waals surface area contributed by atoms with E-state index in [2.05, 4.69) is 5.32 Å².